The lowest BCUT2D eigenvalue weighted by Crippen LogP contribution is -2.26. The Morgan fingerprint density at radius 2 is 2.25 bits per heavy atom. The summed E-state index contributed by atoms with van der Waals surface area (Å²) in [5.41, 5.74) is 11.5. The third kappa shape index (κ3) is 2.28. The van der Waals surface area contributed by atoms with E-state index in [0.717, 1.165) is 37.6 Å². The third-order valence-electron chi connectivity index (χ3n) is 2.62. The Hall–Kier alpha value is -1.27. The molecule has 0 unspecified atom stereocenters. The minimum absolute atomic E-state index is 0.443. The second-order valence-electron chi connectivity index (χ2n) is 3.82. The molecule has 0 bridgehead atoms. The number of hydrogen-bond acceptors (Lipinski definition) is 5. The summed E-state index contributed by atoms with van der Waals surface area (Å²) in [4.78, 5) is 13.8. The first-order valence-corrected chi connectivity index (χ1v) is 6.15. The summed E-state index contributed by atoms with van der Waals surface area (Å²) in [6, 6.07) is 1.84. The molecule has 0 radical (unpaired) electrons. The zero-order chi connectivity index (χ0) is 11.5. The van der Waals surface area contributed by atoms with E-state index in [1.165, 1.54) is 11.3 Å². The summed E-state index contributed by atoms with van der Waals surface area (Å²) in [5, 5.41) is 4.37. The van der Waals surface area contributed by atoms with Gasteiger partial charge in [0, 0.05) is 19.6 Å². The second kappa shape index (κ2) is 4.71. The largest absolute Gasteiger partial charge is 0.397 e. The zero-order valence-electron chi connectivity index (χ0n) is 9.03. The van der Waals surface area contributed by atoms with Crippen LogP contribution in [0.5, 0.6) is 0 Å². The van der Waals surface area contributed by atoms with E-state index in [2.05, 4.69) is 10.2 Å². The van der Waals surface area contributed by atoms with Crippen LogP contribution in [0.3, 0.4) is 0 Å². The van der Waals surface area contributed by atoms with E-state index >= 15 is 0 Å². The fourth-order valence-electron chi connectivity index (χ4n) is 1.81. The zero-order valence-corrected chi connectivity index (χ0v) is 9.85. The summed E-state index contributed by atoms with van der Waals surface area (Å²) < 4.78 is 0. The Bertz CT molecular complexity index is 382. The number of carbonyl (C=O) groups excluding carboxylic acids is 1. The number of carbonyl (C=O) groups is 1. The minimum Gasteiger partial charge on any atom is -0.397 e. The third-order valence-corrected chi connectivity index (χ3v) is 3.85. The van der Waals surface area contributed by atoms with Gasteiger partial charge < -0.3 is 21.7 Å². The van der Waals surface area contributed by atoms with Gasteiger partial charge in [-0.15, -0.1) is 11.3 Å². The molecule has 1 aromatic heterocycles. The van der Waals surface area contributed by atoms with Crippen molar-refractivity contribution in [1.29, 1.82) is 0 Å². The monoisotopic (exact) mass is 240 g/mol. The van der Waals surface area contributed by atoms with Crippen molar-refractivity contribution in [2.75, 3.05) is 36.8 Å². The number of primary amides is 1. The maximum atomic E-state index is 11.1. The molecule has 0 aromatic carbocycles. The summed E-state index contributed by atoms with van der Waals surface area (Å²) in [7, 11) is 0. The van der Waals surface area contributed by atoms with E-state index in [1.807, 2.05) is 6.07 Å². The van der Waals surface area contributed by atoms with Crippen LogP contribution in [0, 0.1) is 0 Å². The van der Waals surface area contributed by atoms with Crippen LogP contribution in [-0.4, -0.2) is 32.1 Å². The number of rotatable bonds is 2. The Balaban J connectivity index is 2.19. The van der Waals surface area contributed by atoms with Crippen molar-refractivity contribution < 1.29 is 4.79 Å². The van der Waals surface area contributed by atoms with Crippen LogP contribution in [0.2, 0.25) is 0 Å². The minimum atomic E-state index is -0.443. The molecule has 1 fully saturated rings. The molecule has 0 saturated carbocycles. The second-order valence-corrected chi connectivity index (χ2v) is 4.85. The molecular weight excluding hydrogens is 224 g/mol. The van der Waals surface area contributed by atoms with Crippen molar-refractivity contribution in [2.24, 2.45) is 5.73 Å². The van der Waals surface area contributed by atoms with Crippen molar-refractivity contribution in [3.8, 4) is 0 Å². The molecule has 0 spiro atoms. The van der Waals surface area contributed by atoms with E-state index in [4.69, 9.17) is 11.5 Å². The normalized spacial score (nSPS) is 17.1. The van der Waals surface area contributed by atoms with Crippen molar-refractivity contribution >= 4 is 27.9 Å². The van der Waals surface area contributed by atoms with Crippen molar-refractivity contribution in [2.45, 2.75) is 6.42 Å². The highest BCUT2D eigenvalue weighted by Crippen LogP contribution is 2.31. The van der Waals surface area contributed by atoms with Gasteiger partial charge in [-0.25, -0.2) is 0 Å². The van der Waals surface area contributed by atoms with Gasteiger partial charge >= 0.3 is 0 Å². The van der Waals surface area contributed by atoms with Gasteiger partial charge in [-0.05, 0) is 19.0 Å². The molecule has 1 saturated heterocycles. The van der Waals surface area contributed by atoms with Crippen molar-refractivity contribution in [3.63, 3.8) is 0 Å². The average Bonchev–Trinajstić information content (AvgIpc) is 2.50. The maximum absolute atomic E-state index is 11.1. The van der Waals surface area contributed by atoms with Crippen LogP contribution in [0.15, 0.2) is 6.07 Å². The van der Waals surface area contributed by atoms with E-state index in [1.54, 1.807) is 0 Å². The predicted molar refractivity (Wildman–Crippen MR) is 66.9 cm³/mol. The number of nitrogens with zero attached hydrogens (tertiary/aromatic N) is 1. The van der Waals surface area contributed by atoms with Crippen LogP contribution in [0.1, 0.15) is 16.1 Å². The maximum Gasteiger partial charge on any atom is 0.260 e. The molecule has 16 heavy (non-hydrogen) atoms. The lowest BCUT2D eigenvalue weighted by Gasteiger charge is -2.19. The van der Waals surface area contributed by atoms with Crippen LogP contribution in [0.25, 0.3) is 0 Å². The molecule has 1 aliphatic rings. The highest BCUT2D eigenvalue weighted by molar-refractivity contribution is 7.18. The molecule has 5 N–H and O–H groups in total. The summed E-state index contributed by atoms with van der Waals surface area (Å²) in [5.74, 6) is -0.443. The first-order chi connectivity index (χ1) is 7.68. The van der Waals surface area contributed by atoms with Crippen LogP contribution < -0.4 is 21.7 Å². The standard InChI is InChI=1S/C10H16N4OS/c11-7-6-8(16-9(7)10(12)15)14-4-1-2-13-3-5-14/h6,13H,1-5,11H2,(H2,12,15). The van der Waals surface area contributed by atoms with Gasteiger partial charge in [0.2, 0.25) is 0 Å². The van der Waals surface area contributed by atoms with Gasteiger partial charge in [0.25, 0.3) is 5.91 Å². The Kier molecular flexibility index (Phi) is 3.31. The number of nitrogen functional groups attached to an aromatic ring is 1. The molecule has 88 valence electrons. The molecule has 5 nitrogen and oxygen atoms in total. The molecule has 1 amide bonds. The highest BCUT2D eigenvalue weighted by Gasteiger charge is 2.16. The number of nitrogens with one attached hydrogen (secondary N) is 1. The first kappa shape index (κ1) is 11.2. The Morgan fingerprint density at radius 1 is 1.44 bits per heavy atom. The summed E-state index contributed by atoms with van der Waals surface area (Å²) in [6.45, 7) is 3.94. The number of nitrogens with two attached hydrogens (primary N) is 2. The van der Waals surface area contributed by atoms with E-state index in [-0.39, 0.29) is 0 Å². The fourth-order valence-corrected chi connectivity index (χ4v) is 2.79. The number of hydrogen-bond donors (Lipinski definition) is 3. The van der Waals surface area contributed by atoms with Gasteiger partial charge in [0.15, 0.2) is 0 Å². The topological polar surface area (TPSA) is 84.4 Å². The fraction of sp³-hybridized carbons (Fsp3) is 0.500. The van der Waals surface area contributed by atoms with Crippen molar-refractivity contribution in [1.82, 2.24) is 5.32 Å². The van der Waals surface area contributed by atoms with E-state index < -0.39 is 5.91 Å². The Morgan fingerprint density at radius 3 is 2.94 bits per heavy atom. The highest BCUT2D eigenvalue weighted by atomic mass is 32.1. The lowest BCUT2D eigenvalue weighted by molar-refractivity contribution is 0.100. The molecule has 2 rings (SSSR count). The average molecular weight is 240 g/mol. The molecular formula is C10H16N4OS. The number of anilines is 2. The smallest absolute Gasteiger partial charge is 0.260 e. The summed E-state index contributed by atoms with van der Waals surface area (Å²) >= 11 is 1.38. The van der Waals surface area contributed by atoms with Gasteiger partial charge in [0.05, 0.1) is 10.7 Å². The molecule has 2 heterocycles. The molecule has 1 aromatic rings. The van der Waals surface area contributed by atoms with Gasteiger partial charge in [-0.2, -0.15) is 0 Å². The summed E-state index contributed by atoms with van der Waals surface area (Å²) in [6.07, 6.45) is 1.10. The van der Waals surface area contributed by atoms with Crippen molar-refractivity contribution in [3.05, 3.63) is 10.9 Å². The molecule has 6 heteroatoms. The van der Waals surface area contributed by atoms with E-state index in [9.17, 15) is 4.79 Å². The van der Waals surface area contributed by atoms with Gasteiger partial charge in [-0.1, -0.05) is 0 Å². The quantitative estimate of drug-likeness (QED) is 0.691. The SMILES string of the molecule is NC(=O)c1sc(N2CCCNCC2)cc1N. The predicted octanol–water partition coefficient (Wildman–Crippen LogP) is 0.229. The molecule has 0 atom stereocenters. The Labute approximate surface area is 98.4 Å². The first-order valence-electron chi connectivity index (χ1n) is 5.33. The van der Waals surface area contributed by atoms with Gasteiger partial charge in [-0.3, -0.25) is 4.79 Å². The van der Waals surface area contributed by atoms with Crippen LogP contribution >= 0.6 is 11.3 Å². The van der Waals surface area contributed by atoms with E-state index in [0.29, 0.717) is 10.6 Å². The van der Waals surface area contributed by atoms with Gasteiger partial charge in [0.1, 0.15) is 4.88 Å². The van der Waals surface area contributed by atoms with Crippen LogP contribution in [-0.2, 0) is 0 Å². The molecule has 0 aliphatic carbocycles. The number of thiophene rings is 1. The molecule has 1 aliphatic heterocycles. The number of amides is 1. The van der Waals surface area contributed by atoms with Crippen LogP contribution in [0.4, 0.5) is 10.7 Å². The lowest BCUT2D eigenvalue weighted by atomic mass is 10.3.